The van der Waals surface area contributed by atoms with Crippen molar-refractivity contribution in [3.63, 3.8) is 0 Å². The van der Waals surface area contributed by atoms with E-state index in [1.807, 2.05) is 25.1 Å². The van der Waals surface area contributed by atoms with E-state index in [2.05, 4.69) is 20.4 Å². The summed E-state index contributed by atoms with van der Waals surface area (Å²) in [6.45, 7) is 3.28. The number of hydrogen-bond donors (Lipinski definition) is 3. The minimum Gasteiger partial charge on any atom is -0.491 e. The van der Waals surface area contributed by atoms with Crippen LogP contribution in [0.15, 0.2) is 54.7 Å². The van der Waals surface area contributed by atoms with Gasteiger partial charge in [0.25, 0.3) is 5.91 Å². The third kappa shape index (κ3) is 4.58. The van der Waals surface area contributed by atoms with E-state index in [9.17, 15) is 9.90 Å². The summed E-state index contributed by atoms with van der Waals surface area (Å²) in [4.78, 5) is 21.6. The lowest BCUT2D eigenvalue weighted by Gasteiger charge is -2.11. The second kappa shape index (κ2) is 9.13. The number of rotatable bonds is 7. The molecule has 32 heavy (non-hydrogen) atoms. The molecule has 0 bridgehead atoms. The van der Waals surface area contributed by atoms with Gasteiger partial charge in [-0.3, -0.25) is 4.79 Å². The highest BCUT2D eigenvalue weighted by atomic mass is 16.5. The number of nitrogens with one attached hydrogen (secondary N) is 1. The number of benzene rings is 1. The van der Waals surface area contributed by atoms with Crippen LogP contribution in [0.5, 0.6) is 5.75 Å². The highest BCUT2D eigenvalue weighted by Gasteiger charge is 2.19. The SMILES string of the molecule is Cc1ccnc(NC(=O)c2c(C)nc3ccc(-c4cccc(OCC(O)CO)c4)nn23)c1. The normalized spacial score (nSPS) is 12.0. The molecular formula is C23H23N5O4. The molecule has 9 heteroatoms. The number of nitrogens with zero attached hydrogens (tertiary/aromatic N) is 4. The molecule has 0 aliphatic rings. The maximum atomic E-state index is 13.0. The number of carbonyl (C=O) groups excluding carboxylic acids is 1. The highest BCUT2D eigenvalue weighted by Crippen LogP contribution is 2.24. The van der Waals surface area contributed by atoms with Crippen LogP contribution in [0.2, 0.25) is 0 Å². The molecule has 0 saturated carbocycles. The van der Waals surface area contributed by atoms with Crippen molar-refractivity contribution >= 4 is 17.4 Å². The van der Waals surface area contributed by atoms with E-state index in [1.165, 1.54) is 4.52 Å². The zero-order chi connectivity index (χ0) is 22.7. The van der Waals surface area contributed by atoms with Gasteiger partial charge in [0.2, 0.25) is 0 Å². The lowest BCUT2D eigenvalue weighted by molar-refractivity contribution is 0.0536. The second-order valence-electron chi connectivity index (χ2n) is 7.38. The molecule has 164 valence electrons. The fourth-order valence-electron chi connectivity index (χ4n) is 3.23. The number of carbonyl (C=O) groups is 1. The molecular weight excluding hydrogens is 410 g/mol. The Kier molecular flexibility index (Phi) is 6.11. The lowest BCUT2D eigenvalue weighted by Crippen LogP contribution is -2.21. The lowest BCUT2D eigenvalue weighted by atomic mass is 10.1. The van der Waals surface area contributed by atoms with Crippen molar-refractivity contribution in [3.05, 3.63) is 71.7 Å². The maximum absolute atomic E-state index is 13.0. The molecule has 4 aromatic rings. The summed E-state index contributed by atoms with van der Waals surface area (Å²) in [5, 5.41) is 25.9. The number of hydrogen-bond acceptors (Lipinski definition) is 7. The van der Waals surface area contributed by atoms with Crippen molar-refractivity contribution in [1.29, 1.82) is 0 Å². The quantitative estimate of drug-likeness (QED) is 0.409. The molecule has 1 atom stereocenters. The van der Waals surface area contributed by atoms with Crippen LogP contribution in [-0.2, 0) is 0 Å². The van der Waals surface area contributed by atoms with E-state index in [4.69, 9.17) is 9.84 Å². The van der Waals surface area contributed by atoms with Crippen LogP contribution in [-0.4, -0.2) is 55.0 Å². The second-order valence-corrected chi connectivity index (χ2v) is 7.38. The average Bonchev–Trinajstić information content (AvgIpc) is 3.12. The first-order valence-electron chi connectivity index (χ1n) is 10.1. The number of aliphatic hydroxyl groups excluding tert-OH is 2. The molecule has 3 heterocycles. The van der Waals surface area contributed by atoms with Crippen molar-refractivity contribution < 1.29 is 19.7 Å². The van der Waals surface area contributed by atoms with Crippen LogP contribution in [0.3, 0.4) is 0 Å². The Labute approximate surface area is 184 Å². The standard InChI is InChI=1S/C23H23N5O4/c1-14-8-9-24-20(10-14)26-23(31)22-15(2)25-21-7-6-19(27-28(21)22)16-4-3-5-18(11-16)32-13-17(30)12-29/h3-11,17,29-30H,12-13H2,1-2H3,(H,24,26,31). The molecule has 0 fully saturated rings. The van der Waals surface area contributed by atoms with Gasteiger partial charge in [0.15, 0.2) is 11.3 Å². The Bertz CT molecular complexity index is 1270. The molecule has 4 rings (SSSR count). The highest BCUT2D eigenvalue weighted by molar-refractivity contribution is 6.03. The number of anilines is 1. The summed E-state index contributed by atoms with van der Waals surface area (Å²) in [7, 11) is 0. The maximum Gasteiger partial charge on any atom is 0.277 e. The first-order chi connectivity index (χ1) is 15.4. The van der Waals surface area contributed by atoms with E-state index in [0.717, 1.165) is 11.1 Å². The Morgan fingerprint density at radius 1 is 1.19 bits per heavy atom. The first kappa shape index (κ1) is 21.4. The van der Waals surface area contributed by atoms with Gasteiger partial charge in [-0.15, -0.1) is 0 Å². The zero-order valence-corrected chi connectivity index (χ0v) is 17.7. The number of amides is 1. The van der Waals surface area contributed by atoms with Crippen LogP contribution >= 0.6 is 0 Å². The number of fused-ring (bicyclic) bond motifs is 1. The van der Waals surface area contributed by atoms with Gasteiger partial charge in [-0.05, 0) is 55.8 Å². The predicted molar refractivity (Wildman–Crippen MR) is 119 cm³/mol. The molecule has 1 amide bonds. The Morgan fingerprint density at radius 3 is 2.81 bits per heavy atom. The van der Waals surface area contributed by atoms with E-state index in [1.54, 1.807) is 43.5 Å². The zero-order valence-electron chi connectivity index (χ0n) is 17.7. The topological polar surface area (TPSA) is 122 Å². The molecule has 3 N–H and O–H groups in total. The number of imidazole rings is 1. The molecule has 0 aliphatic heterocycles. The number of ether oxygens (including phenoxy) is 1. The summed E-state index contributed by atoms with van der Waals surface area (Å²) >= 11 is 0. The average molecular weight is 433 g/mol. The van der Waals surface area contributed by atoms with Gasteiger partial charge in [-0.25, -0.2) is 14.5 Å². The number of aromatic nitrogens is 4. The minimum absolute atomic E-state index is 0.0234. The van der Waals surface area contributed by atoms with Crippen molar-refractivity contribution in [1.82, 2.24) is 19.6 Å². The van der Waals surface area contributed by atoms with Crippen molar-refractivity contribution in [2.24, 2.45) is 0 Å². The molecule has 9 nitrogen and oxygen atoms in total. The van der Waals surface area contributed by atoms with Crippen LogP contribution in [0.4, 0.5) is 5.82 Å². The van der Waals surface area contributed by atoms with Gasteiger partial charge < -0.3 is 20.3 Å². The Balaban J connectivity index is 1.65. The molecule has 1 unspecified atom stereocenters. The first-order valence-corrected chi connectivity index (χ1v) is 10.1. The van der Waals surface area contributed by atoms with Crippen LogP contribution in [0.25, 0.3) is 16.9 Å². The number of aliphatic hydroxyl groups is 2. The van der Waals surface area contributed by atoms with E-state index < -0.39 is 6.10 Å². The number of aryl methyl sites for hydroxylation is 2. The van der Waals surface area contributed by atoms with Gasteiger partial charge in [0.05, 0.1) is 18.0 Å². The fraction of sp³-hybridized carbons (Fsp3) is 0.217. The fourth-order valence-corrected chi connectivity index (χ4v) is 3.23. The van der Waals surface area contributed by atoms with E-state index in [-0.39, 0.29) is 19.1 Å². The molecule has 3 aromatic heterocycles. The van der Waals surface area contributed by atoms with E-state index in [0.29, 0.717) is 34.3 Å². The summed E-state index contributed by atoms with van der Waals surface area (Å²) in [6, 6.07) is 14.4. The molecule has 0 radical (unpaired) electrons. The third-order valence-electron chi connectivity index (χ3n) is 4.81. The molecule has 0 aliphatic carbocycles. The van der Waals surface area contributed by atoms with Crippen molar-refractivity contribution in [2.75, 3.05) is 18.5 Å². The van der Waals surface area contributed by atoms with Gasteiger partial charge in [0, 0.05) is 11.8 Å². The van der Waals surface area contributed by atoms with Crippen molar-refractivity contribution in [2.45, 2.75) is 20.0 Å². The Morgan fingerprint density at radius 2 is 2.03 bits per heavy atom. The summed E-state index contributed by atoms with van der Waals surface area (Å²) in [5.41, 5.74) is 3.79. The van der Waals surface area contributed by atoms with Gasteiger partial charge in [-0.2, -0.15) is 5.10 Å². The summed E-state index contributed by atoms with van der Waals surface area (Å²) in [5.74, 6) is 0.630. The summed E-state index contributed by atoms with van der Waals surface area (Å²) in [6.07, 6.45) is 0.683. The Hall–Kier alpha value is -3.82. The van der Waals surface area contributed by atoms with Gasteiger partial charge >= 0.3 is 0 Å². The third-order valence-corrected chi connectivity index (χ3v) is 4.81. The van der Waals surface area contributed by atoms with Crippen molar-refractivity contribution in [3.8, 4) is 17.0 Å². The van der Waals surface area contributed by atoms with Gasteiger partial charge in [-0.1, -0.05) is 12.1 Å². The van der Waals surface area contributed by atoms with E-state index >= 15 is 0 Å². The predicted octanol–water partition coefficient (Wildman–Crippen LogP) is 2.39. The largest absolute Gasteiger partial charge is 0.491 e. The van der Waals surface area contributed by atoms with Crippen LogP contribution in [0, 0.1) is 13.8 Å². The van der Waals surface area contributed by atoms with Crippen LogP contribution in [0.1, 0.15) is 21.7 Å². The molecule has 0 saturated heterocycles. The molecule has 0 spiro atoms. The number of pyridine rings is 1. The summed E-state index contributed by atoms with van der Waals surface area (Å²) < 4.78 is 7.04. The van der Waals surface area contributed by atoms with Crippen LogP contribution < -0.4 is 10.1 Å². The minimum atomic E-state index is -0.953. The molecule has 1 aromatic carbocycles. The smallest absolute Gasteiger partial charge is 0.277 e. The monoisotopic (exact) mass is 433 g/mol. The van der Waals surface area contributed by atoms with Gasteiger partial charge in [0.1, 0.15) is 24.3 Å².